The molecule has 0 unspecified atom stereocenters. The van der Waals surface area contributed by atoms with E-state index in [0.29, 0.717) is 10.8 Å². The van der Waals surface area contributed by atoms with Gasteiger partial charge in [-0.3, -0.25) is 5.43 Å². The normalized spacial score (nSPS) is 11.3. The maximum atomic E-state index is 12.0. The van der Waals surface area contributed by atoms with Crippen molar-refractivity contribution in [1.82, 2.24) is 10.7 Å². The molecule has 18 heavy (non-hydrogen) atoms. The van der Waals surface area contributed by atoms with Crippen molar-refractivity contribution in [3.05, 3.63) is 29.8 Å². The summed E-state index contributed by atoms with van der Waals surface area (Å²) in [6, 6.07) is 6.19. The number of alkyl halides is 2. The maximum absolute atomic E-state index is 12.0. The second-order valence-electron chi connectivity index (χ2n) is 3.29. The highest BCUT2D eigenvalue weighted by molar-refractivity contribution is 7.80. The van der Waals surface area contributed by atoms with E-state index in [1.807, 2.05) is 0 Å². The first-order valence-corrected chi connectivity index (χ1v) is 5.51. The van der Waals surface area contributed by atoms with E-state index >= 15 is 0 Å². The number of hydrazone groups is 1. The van der Waals surface area contributed by atoms with Gasteiger partial charge in [0.1, 0.15) is 5.75 Å². The summed E-state index contributed by atoms with van der Waals surface area (Å²) in [6.45, 7) is -1.05. The minimum absolute atomic E-state index is 0.111. The fraction of sp³-hybridized carbons (Fsp3) is 0.273. The van der Waals surface area contributed by atoms with Crippen molar-refractivity contribution in [2.24, 2.45) is 5.10 Å². The van der Waals surface area contributed by atoms with E-state index in [2.05, 4.69) is 20.6 Å². The summed E-state index contributed by atoms with van der Waals surface area (Å²) in [5, 5.41) is 7.14. The molecule has 1 aromatic carbocycles. The summed E-state index contributed by atoms with van der Waals surface area (Å²) in [4.78, 5) is 0. The molecule has 7 heteroatoms. The Bertz CT molecular complexity index is 434. The van der Waals surface area contributed by atoms with E-state index in [1.165, 1.54) is 12.1 Å². The molecule has 0 atom stereocenters. The van der Waals surface area contributed by atoms with Gasteiger partial charge in [-0.05, 0) is 49.0 Å². The summed E-state index contributed by atoms with van der Waals surface area (Å²) in [6.07, 6.45) is 0. The predicted octanol–water partition coefficient (Wildman–Crippen LogP) is 2.11. The molecule has 0 saturated carbocycles. The van der Waals surface area contributed by atoms with Gasteiger partial charge < -0.3 is 10.1 Å². The summed E-state index contributed by atoms with van der Waals surface area (Å²) in [5.41, 5.74) is 4.09. The van der Waals surface area contributed by atoms with Crippen LogP contribution in [0.5, 0.6) is 5.75 Å². The second kappa shape index (κ2) is 6.85. The van der Waals surface area contributed by atoms with Crippen LogP contribution in [0.1, 0.15) is 12.5 Å². The average molecular weight is 273 g/mol. The van der Waals surface area contributed by atoms with Gasteiger partial charge in [-0.15, -0.1) is 0 Å². The first kappa shape index (κ1) is 14.3. The largest absolute Gasteiger partial charge is 0.435 e. The Morgan fingerprint density at radius 1 is 1.33 bits per heavy atom. The molecule has 98 valence electrons. The van der Waals surface area contributed by atoms with Crippen molar-refractivity contribution < 1.29 is 13.5 Å². The second-order valence-corrected chi connectivity index (χ2v) is 3.70. The molecule has 2 N–H and O–H groups in total. The molecule has 0 bridgehead atoms. The molecule has 0 aliphatic carbocycles. The van der Waals surface area contributed by atoms with E-state index < -0.39 is 6.61 Å². The van der Waals surface area contributed by atoms with E-state index in [1.54, 1.807) is 26.1 Å². The summed E-state index contributed by atoms with van der Waals surface area (Å²) < 4.78 is 28.1. The molecule has 0 aliphatic rings. The fourth-order valence-electron chi connectivity index (χ4n) is 1.13. The fourth-order valence-corrected chi connectivity index (χ4v) is 1.18. The van der Waals surface area contributed by atoms with Gasteiger partial charge in [0.2, 0.25) is 0 Å². The Balaban J connectivity index is 2.69. The smallest absolute Gasteiger partial charge is 0.387 e. The quantitative estimate of drug-likeness (QED) is 0.501. The Morgan fingerprint density at radius 2 is 1.94 bits per heavy atom. The Labute approximate surface area is 109 Å². The SMILES string of the molecule is CNC(=S)N/N=C(\C)c1ccc(OC(F)F)cc1. The maximum Gasteiger partial charge on any atom is 0.387 e. The lowest BCUT2D eigenvalue weighted by Gasteiger charge is -2.06. The van der Waals surface area contributed by atoms with Gasteiger partial charge in [-0.2, -0.15) is 13.9 Å². The highest BCUT2D eigenvalue weighted by Crippen LogP contribution is 2.15. The third-order valence-corrected chi connectivity index (χ3v) is 2.34. The third kappa shape index (κ3) is 4.62. The van der Waals surface area contributed by atoms with Crippen molar-refractivity contribution in [3.63, 3.8) is 0 Å². The van der Waals surface area contributed by atoms with Gasteiger partial charge >= 0.3 is 6.61 Å². The van der Waals surface area contributed by atoms with Gasteiger partial charge in [0.05, 0.1) is 5.71 Å². The van der Waals surface area contributed by atoms with Crippen LogP contribution >= 0.6 is 12.2 Å². The molecule has 1 aromatic rings. The number of hydrogen-bond donors (Lipinski definition) is 2. The molecule has 0 radical (unpaired) electrons. The van der Waals surface area contributed by atoms with Gasteiger partial charge in [-0.1, -0.05) is 0 Å². The third-order valence-electron chi connectivity index (χ3n) is 2.05. The number of nitrogens with zero attached hydrogens (tertiary/aromatic N) is 1. The van der Waals surface area contributed by atoms with E-state index in [0.717, 1.165) is 5.56 Å². The van der Waals surface area contributed by atoms with E-state index in [-0.39, 0.29) is 5.75 Å². The van der Waals surface area contributed by atoms with Crippen LogP contribution in [0.4, 0.5) is 8.78 Å². The lowest BCUT2D eigenvalue weighted by atomic mass is 10.1. The monoisotopic (exact) mass is 273 g/mol. The average Bonchev–Trinajstić information content (AvgIpc) is 2.35. The van der Waals surface area contributed by atoms with Gasteiger partial charge in [0.15, 0.2) is 5.11 Å². The highest BCUT2D eigenvalue weighted by Gasteiger charge is 2.04. The molecule has 0 heterocycles. The molecule has 0 amide bonds. The first-order chi connectivity index (χ1) is 8.52. The summed E-state index contributed by atoms with van der Waals surface area (Å²) in [5.74, 6) is 0.111. The van der Waals surface area contributed by atoms with Crippen molar-refractivity contribution in [2.45, 2.75) is 13.5 Å². The lowest BCUT2D eigenvalue weighted by molar-refractivity contribution is -0.0498. The van der Waals surface area contributed by atoms with Crippen molar-refractivity contribution in [3.8, 4) is 5.75 Å². The highest BCUT2D eigenvalue weighted by atomic mass is 32.1. The molecule has 0 aliphatic heterocycles. The number of nitrogens with one attached hydrogen (secondary N) is 2. The molecular weight excluding hydrogens is 260 g/mol. The zero-order valence-electron chi connectivity index (χ0n) is 9.91. The molecule has 0 fully saturated rings. The van der Waals surface area contributed by atoms with Crippen molar-refractivity contribution in [1.29, 1.82) is 0 Å². The van der Waals surface area contributed by atoms with E-state index in [4.69, 9.17) is 12.2 Å². The lowest BCUT2D eigenvalue weighted by Crippen LogP contribution is -2.29. The van der Waals surface area contributed by atoms with Crippen molar-refractivity contribution in [2.75, 3.05) is 7.05 Å². The van der Waals surface area contributed by atoms with Crippen LogP contribution in [0, 0.1) is 0 Å². The minimum atomic E-state index is -2.82. The van der Waals surface area contributed by atoms with Crippen LogP contribution in [0.3, 0.4) is 0 Å². The molecule has 4 nitrogen and oxygen atoms in total. The van der Waals surface area contributed by atoms with Gasteiger partial charge in [-0.25, -0.2) is 0 Å². The zero-order valence-corrected chi connectivity index (χ0v) is 10.7. The Hall–Kier alpha value is -1.76. The molecular formula is C11H13F2N3OS. The number of rotatable bonds is 4. The van der Waals surface area contributed by atoms with Crippen LogP contribution in [0.2, 0.25) is 0 Å². The van der Waals surface area contributed by atoms with Gasteiger partial charge in [0.25, 0.3) is 0 Å². The van der Waals surface area contributed by atoms with Crippen LogP contribution in [0.25, 0.3) is 0 Å². The number of benzene rings is 1. The number of halogens is 2. The molecule has 0 spiro atoms. The van der Waals surface area contributed by atoms with Crippen molar-refractivity contribution >= 4 is 23.0 Å². The summed E-state index contributed by atoms with van der Waals surface area (Å²) in [7, 11) is 1.68. The van der Waals surface area contributed by atoms with Crippen LogP contribution in [0.15, 0.2) is 29.4 Å². The van der Waals surface area contributed by atoms with Crippen LogP contribution in [-0.2, 0) is 0 Å². The number of thiocarbonyl (C=S) groups is 1. The zero-order chi connectivity index (χ0) is 13.5. The standard InChI is InChI=1S/C11H13F2N3OS/c1-7(15-16-11(18)14-2)8-3-5-9(6-4-8)17-10(12)13/h3-6,10H,1-2H3,(H2,14,16,18)/b15-7+. The molecule has 0 saturated heterocycles. The van der Waals surface area contributed by atoms with Gasteiger partial charge in [0, 0.05) is 7.05 Å². The number of ether oxygens (including phenoxy) is 1. The molecule has 0 aromatic heterocycles. The summed E-state index contributed by atoms with van der Waals surface area (Å²) >= 11 is 4.86. The Morgan fingerprint density at radius 3 is 2.44 bits per heavy atom. The molecule has 1 rings (SSSR count). The topological polar surface area (TPSA) is 45.7 Å². The van der Waals surface area contributed by atoms with E-state index in [9.17, 15) is 8.78 Å². The Kier molecular flexibility index (Phi) is 5.44. The first-order valence-electron chi connectivity index (χ1n) is 5.10. The number of hydrogen-bond acceptors (Lipinski definition) is 3. The minimum Gasteiger partial charge on any atom is -0.435 e. The predicted molar refractivity (Wildman–Crippen MR) is 70.1 cm³/mol. The van der Waals surface area contributed by atoms with Crippen LogP contribution in [-0.4, -0.2) is 24.5 Å². The van der Waals surface area contributed by atoms with Crippen LogP contribution < -0.4 is 15.5 Å².